The first-order valence-electron chi connectivity index (χ1n) is 6.38. The van der Waals surface area contributed by atoms with Gasteiger partial charge in [0.05, 0.1) is 11.7 Å². The average Bonchev–Trinajstić information content (AvgIpc) is 2.74. The van der Waals surface area contributed by atoms with Crippen LogP contribution in [-0.2, 0) is 11.2 Å². The highest BCUT2D eigenvalue weighted by Crippen LogP contribution is 2.24. The van der Waals surface area contributed by atoms with Crippen molar-refractivity contribution < 1.29 is 4.74 Å². The van der Waals surface area contributed by atoms with Crippen molar-refractivity contribution in [2.45, 2.75) is 52.0 Å². The van der Waals surface area contributed by atoms with Gasteiger partial charge >= 0.3 is 0 Å². The van der Waals surface area contributed by atoms with Crippen LogP contribution in [0.1, 0.15) is 56.8 Å². The lowest BCUT2D eigenvalue weighted by molar-refractivity contribution is 0.0661. The molecule has 0 amide bonds. The van der Waals surface area contributed by atoms with Gasteiger partial charge in [-0.1, -0.05) is 20.8 Å². The van der Waals surface area contributed by atoms with Gasteiger partial charge in [0.15, 0.2) is 0 Å². The van der Waals surface area contributed by atoms with Crippen LogP contribution in [0.2, 0.25) is 0 Å². The molecule has 16 heavy (non-hydrogen) atoms. The lowest BCUT2D eigenvalue weighted by atomic mass is 10.1. The number of ether oxygens (including phenoxy) is 1. The highest BCUT2D eigenvalue weighted by Gasteiger charge is 2.19. The summed E-state index contributed by atoms with van der Waals surface area (Å²) in [6.45, 7) is 8.40. The Morgan fingerprint density at radius 3 is 2.62 bits per heavy atom. The highest BCUT2D eigenvalue weighted by atomic mass is 16.5. The number of aryl methyl sites for hydroxylation is 1. The third kappa shape index (κ3) is 2.29. The molecule has 1 aromatic rings. The fourth-order valence-corrected chi connectivity index (χ4v) is 2.34. The molecular formula is C13H22N2O. The molecule has 0 spiro atoms. The largest absolute Gasteiger partial charge is 0.381 e. The Morgan fingerprint density at radius 1 is 1.44 bits per heavy atom. The Kier molecular flexibility index (Phi) is 3.64. The van der Waals surface area contributed by atoms with E-state index in [2.05, 4.69) is 31.6 Å². The standard InChI is InChI=1S/C13H22N2O/c1-4-11-9-15(14-13(11)10(2)3)12-5-7-16-8-6-12/h9-10,12H,4-8H2,1-3H3. The first-order chi connectivity index (χ1) is 7.72. The molecule has 0 unspecified atom stereocenters. The van der Waals surface area contributed by atoms with Crippen LogP contribution in [0.15, 0.2) is 6.20 Å². The molecule has 0 aromatic carbocycles. The summed E-state index contributed by atoms with van der Waals surface area (Å²) < 4.78 is 7.57. The molecule has 2 heterocycles. The minimum Gasteiger partial charge on any atom is -0.381 e. The Hall–Kier alpha value is -0.830. The zero-order chi connectivity index (χ0) is 11.5. The summed E-state index contributed by atoms with van der Waals surface area (Å²) in [7, 11) is 0. The van der Waals surface area contributed by atoms with E-state index in [1.54, 1.807) is 0 Å². The molecule has 0 bridgehead atoms. The van der Waals surface area contributed by atoms with E-state index in [-0.39, 0.29) is 0 Å². The predicted octanol–water partition coefficient (Wildman–Crippen LogP) is 2.92. The maximum atomic E-state index is 5.39. The van der Waals surface area contributed by atoms with Gasteiger partial charge in [-0.15, -0.1) is 0 Å². The Bertz CT molecular complexity index is 338. The van der Waals surface area contributed by atoms with Crippen LogP contribution in [0.4, 0.5) is 0 Å². The molecule has 0 aliphatic carbocycles. The van der Waals surface area contributed by atoms with Gasteiger partial charge in [-0.3, -0.25) is 4.68 Å². The first-order valence-corrected chi connectivity index (χ1v) is 6.38. The molecule has 0 N–H and O–H groups in total. The van der Waals surface area contributed by atoms with Crippen molar-refractivity contribution in [3.63, 3.8) is 0 Å². The van der Waals surface area contributed by atoms with Gasteiger partial charge in [-0.25, -0.2) is 0 Å². The Labute approximate surface area is 97.8 Å². The molecule has 1 fully saturated rings. The molecular weight excluding hydrogens is 200 g/mol. The van der Waals surface area contributed by atoms with Crippen LogP contribution in [-0.4, -0.2) is 23.0 Å². The fraction of sp³-hybridized carbons (Fsp3) is 0.769. The number of hydrogen-bond acceptors (Lipinski definition) is 2. The van der Waals surface area contributed by atoms with Gasteiger partial charge < -0.3 is 4.74 Å². The van der Waals surface area contributed by atoms with Crippen molar-refractivity contribution in [2.24, 2.45) is 0 Å². The van der Waals surface area contributed by atoms with E-state index in [1.165, 1.54) is 11.3 Å². The molecule has 0 saturated carbocycles. The van der Waals surface area contributed by atoms with Crippen LogP contribution >= 0.6 is 0 Å². The second-order valence-electron chi connectivity index (χ2n) is 4.87. The van der Waals surface area contributed by atoms with Crippen LogP contribution in [0.5, 0.6) is 0 Å². The Morgan fingerprint density at radius 2 is 2.12 bits per heavy atom. The topological polar surface area (TPSA) is 27.1 Å². The molecule has 2 rings (SSSR count). The van der Waals surface area contributed by atoms with Crippen LogP contribution < -0.4 is 0 Å². The van der Waals surface area contributed by atoms with Crippen molar-refractivity contribution >= 4 is 0 Å². The summed E-state index contributed by atoms with van der Waals surface area (Å²) in [5.74, 6) is 0.524. The smallest absolute Gasteiger partial charge is 0.0681 e. The Balaban J connectivity index is 2.20. The number of hydrogen-bond donors (Lipinski definition) is 0. The van der Waals surface area contributed by atoms with Crippen molar-refractivity contribution in [1.29, 1.82) is 0 Å². The maximum absolute atomic E-state index is 5.39. The number of aromatic nitrogens is 2. The van der Waals surface area contributed by atoms with Crippen LogP contribution in [0, 0.1) is 0 Å². The van der Waals surface area contributed by atoms with Crippen LogP contribution in [0.25, 0.3) is 0 Å². The highest BCUT2D eigenvalue weighted by molar-refractivity contribution is 5.20. The van der Waals surface area contributed by atoms with Crippen molar-refractivity contribution in [1.82, 2.24) is 9.78 Å². The van der Waals surface area contributed by atoms with Gasteiger partial charge in [-0.2, -0.15) is 5.10 Å². The number of nitrogens with zero attached hydrogens (tertiary/aromatic N) is 2. The lowest BCUT2D eigenvalue weighted by Crippen LogP contribution is -2.20. The molecule has 1 aliphatic heterocycles. The van der Waals surface area contributed by atoms with E-state index in [9.17, 15) is 0 Å². The minimum atomic E-state index is 0.524. The SMILES string of the molecule is CCc1cn(C2CCOCC2)nc1C(C)C. The van der Waals surface area contributed by atoms with Crippen molar-refractivity contribution in [2.75, 3.05) is 13.2 Å². The molecule has 3 heteroatoms. The number of rotatable bonds is 3. The maximum Gasteiger partial charge on any atom is 0.0681 e. The van der Waals surface area contributed by atoms with E-state index >= 15 is 0 Å². The molecule has 0 radical (unpaired) electrons. The average molecular weight is 222 g/mol. The summed E-state index contributed by atoms with van der Waals surface area (Å²) in [6.07, 6.45) is 5.52. The molecule has 3 nitrogen and oxygen atoms in total. The third-order valence-corrected chi connectivity index (χ3v) is 3.33. The summed E-state index contributed by atoms with van der Waals surface area (Å²) >= 11 is 0. The molecule has 0 atom stereocenters. The molecule has 1 saturated heterocycles. The normalized spacial score (nSPS) is 18.2. The molecule has 1 aliphatic rings. The summed E-state index contributed by atoms with van der Waals surface area (Å²) in [5.41, 5.74) is 2.68. The monoisotopic (exact) mass is 222 g/mol. The summed E-state index contributed by atoms with van der Waals surface area (Å²) in [4.78, 5) is 0. The van der Waals surface area contributed by atoms with E-state index in [4.69, 9.17) is 9.84 Å². The first kappa shape index (κ1) is 11.6. The van der Waals surface area contributed by atoms with Gasteiger partial charge in [0, 0.05) is 19.4 Å². The minimum absolute atomic E-state index is 0.524. The zero-order valence-electron chi connectivity index (χ0n) is 10.6. The van der Waals surface area contributed by atoms with Crippen LogP contribution in [0.3, 0.4) is 0 Å². The molecule has 90 valence electrons. The third-order valence-electron chi connectivity index (χ3n) is 3.33. The van der Waals surface area contributed by atoms with Gasteiger partial charge in [0.25, 0.3) is 0 Å². The van der Waals surface area contributed by atoms with E-state index in [0.29, 0.717) is 12.0 Å². The van der Waals surface area contributed by atoms with Gasteiger partial charge in [0.1, 0.15) is 0 Å². The van der Waals surface area contributed by atoms with E-state index in [0.717, 1.165) is 32.5 Å². The fourth-order valence-electron chi connectivity index (χ4n) is 2.34. The molecule has 1 aromatic heterocycles. The quantitative estimate of drug-likeness (QED) is 0.786. The lowest BCUT2D eigenvalue weighted by Gasteiger charge is -2.22. The van der Waals surface area contributed by atoms with E-state index in [1.807, 2.05) is 0 Å². The zero-order valence-corrected chi connectivity index (χ0v) is 10.6. The summed E-state index contributed by atoms with van der Waals surface area (Å²) in [6, 6.07) is 0.548. The van der Waals surface area contributed by atoms with Gasteiger partial charge in [0.2, 0.25) is 0 Å². The predicted molar refractivity (Wildman–Crippen MR) is 64.8 cm³/mol. The van der Waals surface area contributed by atoms with Crippen molar-refractivity contribution in [3.05, 3.63) is 17.5 Å². The second-order valence-corrected chi connectivity index (χ2v) is 4.87. The summed E-state index contributed by atoms with van der Waals surface area (Å²) in [5, 5.41) is 4.77. The van der Waals surface area contributed by atoms with Crippen molar-refractivity contribution in [3.8, 4) is 0 Å². The van der Waals surface area contributed by atoms with E-state index < -0.39 is 0 Å². The second kappa shape index (κ2) is 5.00. The van der Waals surface area contributed by atoms with Gasteiger partial charge in [-0.05, 0) is 30.7 Å².